The van der Waals surface area contributed by atoms with Crippen molar-refractivity contribution in [3.63, 3.8) is 0 Å². The lowest BCUT2D eigenvalue weighted by Crippen LogP contribution is -2.50. The summed E-state index contributed by atoms with van der Waals surface area (Å²) in [5.41, 5.74) is 0.248. The maximum atomic E-state index is 13.3. The van der Waals surface area contributed by atoms with Crippen LogP contribution in [0.25, 0.3) is 10.6 Å². The first-order valence-corrected chi connectivity index (χ1v) is 10.8. The van der Waals surface area contributed by atoms with Gasteiger partial charge in [0, 0.05) is 31.7 Å². The lowest BCUT2D eigenvalue weighted by Gasteiger charge is -2.35. The average molecular weight is 459 g/mol. The minimum Gasteiger partial charge on any atom is -0.335 e. The van der Waals surface area contributed by atoms with Gasteiger partial charge in [0.15, 0.2) is 0 Å². The van der Waals surface area contributed by atoms with Crippen molar-refractivity contribution in [3.05, 3.63) is 76.3 Å². The molecule has 2 aromatic carbocycles. The Hall–Kier alpha value is -3.20. The minimum atomic E-state index is -4.61. The van der Waals surface area contributed by atoms with E-state index in [2.05, 4.69) is 4.98 Å². The molecule has 0 bridgehead atoms. The maximum absolute atomic E-state index is 13.3. The molecule has 1 aliphatic rings. The van der Waals surface area contributed by atoms with Gasteiger partial charge in [-0.2, -0.15) is 13.2 Å². The summed E-state index contributed by atoms with van der Waals surface area (Å²) in [6.07, 6.45) is -4.61. The van der Waals surface area contributed by atoms with Crippen LogP contribution in [0.2, 0.25) is 0 Å². The molecule has 1 aromatic heterocycles. The summed E-state index contributed by atoms with van der Waals surface area (Å²) >= 11 is 1.32. The summed E-state index contributed by atoms with van der Waals surface area (Å²) in [4.78, 5) is 33.8. The number of benzene rings is 2. The molecular weight excluding hydrogens is 439 g/mol. The van der Waals surface area contributed by atoms with Crippen molar-refractivity contribution >= 4 is 23.2 Å². The molecule has 2 heterocycles. The van der Waals surface area contributed by atoms with E-state index in [-0.39, 0.29) is 37.6 Å². The second-order valence-electron chi connectivity index (χ2n) is 7.43. The Morgan fingerprint density at radius 3 is 2.06 bits per heavy atom. The number of hydrogen-bond donors (Lipinski definition) is 0. The SMILES string of the molecule is Cc1nc(-c2ccccc2)sc1C(=O)N1CCN(C(=O)c2ccccc2C(F)(F)F)CC1. The number of nitrogens with zero attached hydrogens (tertiary/aromatic N) is 3. The summed E-state index contributed by atoms with van der Waals surface area (Å²) in [5, 5.41) is 0.754. The highest BCUT2D eigenvalue weighted by Crippen LogP contribution is 2.33. The second kappa shape index (κ2) is 8.74. The highest BCUT2D eigenvalue weighted by Gasteiger charge is 2.36. The number of alkyl halides is 3. The summed E-state index contributed by atoms with van der Waals surface area (Å²) in [6, 6.07) is 14.3. The minimum absolute atomic E-state index is 0.167. The van der Waals surface area contributed by atoms with Crippen LogP contribution in [0.4, 0.5) is 13.2 Å². The first kappa shape index (κ1) is 22.0. The number of hydrogen-bond acceptors (Lipinski definition) is 4. The quantitative estimate of drug-likeness (QED) is 0.569. The Morgan fingerprint density at radius 1 is 0.875 bits per heavy atom. The van der Waals surface area contributed by atoms with Crippen LogP contribution in [0.3, 0.4) is 0 Å². The third kappa shape index (κ3) is 4.38. The van der Waals surface area contributed by atoms with Crippen molar-refractivity contribution in [1.29, 1.82) is 0 Å². The van der Waals surface area contributed by atoms with Crippen molar-refractivity contribution in [1.82, 2.24) is 14.8 Å². The van der Waals surface area contributed by atoms with Gasteiger partial charge in [-0.3, -0.25) is 9.59 Å². The van der Waals surface area contributed by atoms with E-state index < -0.39 is 17.6 Å². The third-order valence-electron chi connectivity index (χ3n) is 5.33. The molecule has 0 N–H and O–H groups in total. The molecule has 9 heteroatoms. The van der Waals surface area contributed by atoms with Crippen LogP contribution in [0.15, 0.2) is 54.6 Å². The molecule has 166 valence electrons. The molecule has 0 spiro atoms. The second-order valence-corrected chi connectivity index (χ2v) is 8.43. The van der Waals surface area contributed by atoms with E-state index >= 15 is 0 Å². The van der Waals surface area contributed by atoms with Crippen LogP contribution in [0, 0.1) is 6.92 Å². The Labute approximate surface area is 187 Å². The number of aromatic nitrogens is 1. The number of carbonyl (C=O) groups excluding carboxylic acids is 2. The van der Waals surface area contributed by atoms with Gasteiger partial charge < -0.3 is 9.80 Å². The Balaban J connectivity index is 1.45. The van der Waals surface area contributed by atoms with E-state index in [1.54, 1.807) is 11.8 Å². The molecule has 4 rings (SSSR count). The van der Waals surface area contributed by atoms with E-state index in [9.17, 15) is 22.8 Å². The van der Waals surface area contributed by atoms with Crippen molar-refractivity contribution in [2.75, 3.05) is 26.2 Å². The van der Waals surface area contributed by atoms with Crippen molar-refractivity contribution in [2.45, 2.75) is 13.1 Å². The number of thiazole rings is 1. The number of halogens is 3. The van der Waals surface area contributed by atoms with Crippen LogP contribution in [0.5, 0.6) is 0 Å². The lowest BCUT2D eigenvalue weighted by molar-refractivity contribution is -0.138. The Kier molecular flexibility index (Phi) is 6.01. The summed E-state index contributed by atoms with van der Waals surface area (Å²) in [6.45, 7) is 2.61. The van der Waals surface area contributed by atoms with Gasteiger partial charge >= 0.3 is 6.18 Å². The van der Waals surface area contributed by atoms with Gasteiger partial charge in [-0.1, -0.05) is 42.5 Å². The Morgan fingerprint density at radius 2 is 1.44 bits per heavy atom. The van der Waals surface area contributed by atoms with Gasteiger partial charge in [-0.15, -0.1) is 11.3 Å². The molecular formula is C23H20F3N3O2S. The van der Waals surface area contributed by atoms with Crippen LogP contribution < -0.4 is 0 Å². The van der Waals surface area contributed by atoms with E-state index in [1.165, 1.54) is 34.4 Å². The third-order valence-corrected chi connectivity index (χ3v) is 6.52. The fourth-order valence-corrected chi connectivity index (χ4v) is 4.68. The van der Waals surface area contributed by atoms with Gasteiger partial charge in [-0.05, 0) is 19.1 Å². The predicted octanol–water partition coefficient (Wildman–Crippen LogP) is 4.74. The zero-order valence-electron chi connectivity index (χ0n) is 17.2. The number of amides is 2. The standard InChI is InChI=1S/C23H20F3N3O2S/c1-15-19(32-20(27-15)16-7-3-2-4-8-16)22(31)29-13-11-28(12-14-29)21(30)17-9-5-6-10-18(17)23(24,25)26/h2-10H,11-14H2,1H3. The molecule has 1 fully saturated rings. The van der Waals surface area contributed by atoms with E-state index in [0.29, 0.717) is 10.6 Å². The van der Waals surface area contributed by atoms with E-state index in [1.807, 2.05) is 30.3 Å². The van der Waals surface area contributed by atoms with Gasteiger partial charge in [0.2, 0.25) is 0 Å². The number of rotatable bonds is 3. The smallest absolute Gasteiger partial charge is 0.335 e. The number of carbonyl (C=O) groups is 2. The highest BCUT2D eigenvalue weighted by atomic mass is 32.1. The summed E-state index contributed by atoms with van der Waals surface area (Å²) in [5.74, 6) is -0.852. The molecule has 0 saturated carbocycles. The number of piperazine rings is 1. The van der Waals surface area contributed by atoms with Crippen LogP contribution >= 0.6 is 11.3 Å². The molecule has 0 radical (unpaired) electrons. The van der Waals surface area contributed by atoms with Crippen LogP contribution in [0.1, 0.15) is 31.3 Å². The van der Waals surface area contributed by atoms with Crippen LogP contribution in [-0.4, -0.2) is 52.8 Å². The topological polar surface area (TPSA) is 53.5 Å². The maximum Gasteiger partial charge on any atom is 0.417 e. The molecule has 0 aliphatic carbocycles. The summed E-state index contributed by atoms with van der Waals surface area (Å²) < 4.78 is 39.8. The fraction of sp³-hybridized carbons (Fsp3) is 0.261. The average Bonchev–Trinajstić information content (AvgIpc) is 3.20. The van der Waals surface area contributed by atoms with E-state index in [0.717, 1.165) is 16.6 Å². The molecule has 1 aliphatic heterocycles. The van der Waals surface area contributed by atoms with Crippen LogP contribution in [-0.2, 0) is 6.18 Å². The number of aryl methyl sites for hydroxylation is 1. The first-order valence-electron chi connectivity index (χ1n) is 10.0. The predicted molar refractivity (Wildman–Crippen MR) is 116 cm³/mol. The molecule has 0 atom stereocenters. The molecule has 0 unspecified atom stereocenters. The van der Waals surface area contributed by atoms with Crippen molar-refractivity contribution in [3.8, 4) is 10.6 Å². The lowest BCUT2D eigenvalue weighted by atomic mass is 10.1. The molecule has 3 aromatic rings. The molecule has 1 saturated heterocycles. The van der Waals surface area contributed by atoms with Crippen molar-refractivity contribution < 1.29 is 22.8 Å². The fourth-order valence-electron chi connectivity index (χ4n) is 3.64. The van der Waals surface area contributed by atoms with E-state index in [4.69, 9.17) is 0 Å². The highest BCUT2D eigenvalue weighted by molar-refractivity contribution is 7.17. The molecule has 32 heavy (non-hydrogen) atoms. The van der Waals surface area contributed by atoms with Gasteiger partial charge in [0.05, 0.1) is 16.8 Å². The van der Waals surface area contributed by atoms with Gasteiger partial charge in [0.1, 0.15) is 9.88 Å². The summed E-state index contributed by atoms with van der Waals surface area (Å²) in [7, 11) is 0. The molecule has 2 amide bonds. The van der Waals surface area contributed by atoms with Gasteiger partial charge in [-0.25, -0.2) is 4.98 Å². The van der Waals surface area contributed by atoms with Crippen molar-refractivity contribution in [2.24, 2.45) is 0 Å². The zero-order chi connectivity index (χ0) is 22.9. The Bertz CT molecular complexity index is 1140. The zero-order valence-corrected chi connectivity index (χ0v) is 18.0. The first-order chi connectivity index (χ1) is 15.3. The largest absolute Gasteiger partial charge is 0.417 e. The monoisotopic (exact) mass is 459 g/mol. The normalized spacial score (nSPS) is 14.5. The van der Waals surface area contributed by atoms with Gasteiger partial charge in [0.25, 0.3) is 11.8 Å². The molecule has 5 nitrogen and oxygen atoms in total.